The number of rotatable bonds is 5. The van der Waals surface area contributed by atoms with Crippen LogP contribution in [0.25, 0.3) is 0 Å². The average Bonchev–Trinajstić information content (AvgIpc) is 2.74. The molecule has 2 aliphatic heterocycles. The molecule has 28 heavy (non-hydrogen) atoms. The number of benzene rings is 1. The molecule has 0 aliphatic carbocycles. The standard InChI is InChI=1S/C22H34N4O2/c1-24(2)22(28)25-15-11-20(12-16-25)26-14-6-9-19(17-26)21(27)23-13-10-18-7-4-3-5-8-18/h3-5,7-8,19-20H,6,9-17H2,1-2H3,(H,23,27). The van der Waals surface area contributed by atoms with Gasteiger partial charge < -0.3 is 15.1 Å². The number of likely N-dealkylation sites (tertiary alicyclic amines) is 2. The molecule has 1 N–H and O–H groups in total. The van der Waals surface area contributed by atoms with Gasteiger partial charge in [0.15, 0.2) is 0 Å². The van der Waals surface area contributed by atoms with Crippen LogP contribution in [0.4, 0.5) is 4.79 Å². The second kappa shape index (κ2) is 9.92. The second-order valence-corrected chi connectivity index (χ2v) is 8.26. The van der Waals surface area contributed by atoms with Crippen LogP contribution in [0.2, 0.25) is 0 Å². The number of carbonyl (C=O) groups excluding carboxylic acids is 2. The number of piperidine rings is 2. The van der Waals surface area contributed by atoms with Gasteiger partial charge in [-0.25, -0.2) is 4.79 Å². The monoisotopic (exact) mass is 386 g/mol. The van der Waals surface area contributed by atoms with E-state index < -0.39 is 0 Å². The molecule has 0 radical (unpaired) electrons. The summed E-state index contributed by atoms with van der Waals surface area (Å²) in [5, 5.41) is 3.13. The number of urea groups is 1. The molecule has 1 unspecified atom stereocenters. The van der Waals surface area contributed by atoms with Crippen LogP contribution in [0.5, 0.6) is 0 Å². The van der Waals surface area contributed by atoms with Crippen molar-refractivity contribution >= 4 is 11.9 Å². The van der Waals surface area contributed by atoms with E-state index in [9.17, 15) is 9.59 Å². The molecule has 1 aromatic carbocycles. The highest BCUT2D eigenvalue weighted by atomic mass is 16.2. The Labute approximate surface area is 168 Å². The van der Waals surface area contributed by atoms with Gasteiger partial charge in [0.2, 0.25) is 5.91 Å². The zero-order chi connectivity index (χ0) is 19.9. The van der Waals surface area contributed by atoms with Crippen LogP contribution in [-0.4, -0.2) is 79.5 Å². The van der Waals surface area contributed by atoms with Crippen molar-refractivity contribution in [2.75, 3.05) is 46.8 Å². The van der Waals surface area contributed by atoms with Gasteiger partial charge in [0, 0.05) is 46.3 Å². The van der Waals surface area contributed by atoms with Crippen LogP contribution in [0.3, 0.4) is 0 Å². The molecule has 0 spiro atoms. The lowest BCUT2D eigenvalue weighted by Crippen LogP contribution is -2.52. The Bertz CT molecular complexity index is 641. The van der Waals surface area contributed by atoms with E-state index in [1.165, 1.54) is 5.56 Å². The topological polar surface area (TPSA) is 55.9 Å². The second-order valence-electron chi connectivity index (χ2n) is 8.26. The first-order valence-corrected chi connectivity index (χ1v) is 10.6. The summed E-state index contributed by atoms with van der Waals surface area (Å²) >= 11 is 0. The lowest BCUT2D eigenvalue weighted by atomic mass is 9.93. The van der Waals surface area contributed by atoms with Crippen molar-refractivity contribution in [3.8, 4) is 0 Å². The lowest BCUT2D eigenvalue weighted by Gasteiger charge is -2.42. The Morgan fingerprint density at radius 1 is 1.07 bits per heavy atom. The zero-order valence-electron chi connectivity index (χ0n) is 17.3. The van der Waals surface area contributed by atoms with Crippen molar-refractivity contribution in [3.63, 3.8) is 0 Å². The highest BCUT2D eigenvalue weighted by Crippen LogP contribution is 2.24. The third kappa shape index (κ3) is 5.47. The van der Waals surface area contributed by atoms with E-state index in [0.717, 1.165) is 58.3 Å². The molecule has 6 nitrogen and oxygen atoms in total. The van der Waals surface area contributed by atoms with E-state index in [1.54, 1.807) is 19.0 Å². The summed E-state index contributed by atoms with van der Waals surface area (Å²) in [5.41, 5.74) is 1.26. The van der Waals surface area contributed by atoms with Gasteiger partial charge in [0.25, 0.3) is 0 Å². The van der Waals surface area contributed by atoms with Gasteiger partial charge in [-0.1, -0.05) is 30.3 Å². The molecule has 2 aliphatic rings. The maximum Gasteiger partial charge on any atom is 0.319 e. The quantitative estimate of drug-likeness (QED) is 0.844. The first-order chi connectivity index (χ1) is 13.5. The molecule has 2 saturated heterocycles. The SMILES string of the molecule is CN(C)C(=O)N1CCC(N2CCCC(C(=O)NCCc3ccccc3)C2)CC1. The molecule has 3 rings (SSSR count). The maximum atomic E-state index is 12.6. The molecule has 3 amide bonds. The van der Waals surface area contributed by atoms with E-state index in [2.05, 4.69) is 22.3 Å². The number of hydrogen-bond acceptors (Lipinski definition) is 3. The molecule has 1 aromatic rings. The fourth-order valence-electron chi connectivity index (χ4n) is 4.38. The molecule has 6 heteroatoms. The van der Waals surface area contributed by atoms with Crippen LogP contribution in [0.15, 0.2) is 30.3 Å². The Kier molecular flexibility index (Phi) is 7.31. The molecule has 1 atom stereocenters. The lowest BCUT2D eigenvalue weighted by molar-refractivity contribution is -0.127. The first kappa shape index (κ1) is 20.6. The number of amides is 3. The fraction of sp³-hybridized carbons (Fsp3) is 0.636. The van der Waals surface area contributed by atoms with Crippen molar-refractivity contribution in [2.24, 2.45) is 5.92 Å². The van der Waals surface area contributed by atoms with Crippen LogP contribution >= 0.6 is 0 Å². The summed E-state index contributed by atoms with van der Waals surface area (Å²) in [6.45, 7) is 4.24. The van der Waals surface area contributed by atoms with Crippen LogP contribution < -0.4 is 5.32 Å². The minimum atomic E-state index is 0.0889. The molecule has 154 valence electrons. The summed E-state index contributed by atoms with van der Waals surface area (Å²) in [6.07, 6.45) is 4.93. The van der Waals surface area contributed by atoms with Gasteiger partial charge in [-0.3, -0.25) is 9.69 Å². The van der Waals surface area contributed by atoms with Gasteiger partial charge in [-0.2, -0.15) is 0 Å². The van der Waals surface area contributed by atoms with Gasteiger partial charge in [0.05, 0.1) is 5.92 Å². The van der Waals surface area contributed by atoms with Crippen molar-refractivity contribution in [2.45, 2.75) is 38.1 Å². The van der Waals surface area contributed by atoms with Crippen molar-refractivity contribution in [1.29, 1.82) is 0 Å². The smallest absolute Gasteiger partial charge is 0.319 e. The van der Waals surface area contributed by atoms with Crippen molar-refractivity contribution < 1.29 is 9.59 Å². The third-order valence-corrected chi connectivity index (χ3v) is 6.01. The number of carbonyl (C=O) groups is 2. The summed E-state index contributed by atoms with van der Waals surface area (Å²) in [5.74, 6) is 0.284. The number of nitrogens with zero attached hydrogens (tertiary/aromatic N) is 3. The molecule has 0 bridgehead atoms. The number of nitrogens with one attached hydrogen (secondary N) is 1. The summed E-state index contributed by atoms with van der Waals surface area (Å²) in [6, 6.07) is 10.9. The van der Waals surface area contributed by atoms with Crippen molar-refractivity contribution in [1.82, 2.24) is 20.0 Å². The van der Waals surface area contributed by atoms with E-state index in [-0.39, 0.29) is 17.9 Å². The molecule has 2 fully saturated rings. The first-order valence-electron chi connectivity index (χ1n) is 10.6. The van der Waals surface area contributed by atoms with Gasteiger partial charge in [0.1, 0.15) is 0 Å². The normalized spacial score (nSPS) is 21.4. The van der Waals surface area contributed by atoms with E-state index >= 15 is 0 Å². The summed E-state index contributed by atoms with van der Waals surface area (Å²) in [7, 11) is 3.61. The van der Waals surface area contributed by atoms with E-state index in [1.807, 2.05) is 23.1 Å². The molecule has 2 heterocycles. The summed E-state index contributed by atoms with van der Waals surface area (Å²) in [4.78, 5) is 30.8. The highest BCUT2D eigenvalue weighted by Gasteiger charge is 2.32. The fourth-order valence-corrected chi connectivity index (χ4v) is 4.38. The van der Waals surface area contributed by atoms with Gasteiger partial charge >= 0.3 is 6.03 Å². The highest BCUT2D eigenvalue weighted by molar-refractivity contribution is 5.79. The Balaban J connectivity index is 1.42. The Morgan fingerprint density at radius 3 is 2.46 bits per heavy atom. The van der Waals surface area contributed by atoms with E-state index in [4.69, 9.17) is 0 Å². The predicted molar refractivity (Wildman–Crippen MR) is 111 cm³/mol. The minimum Gasteiger partial charge on any atom is -0.355 e. The average molecular weight is 387 g/mol. The van der Waals surface area contributed by atoms with Gasteiger partial charge in [-0.05, 0) is 44.2 Å². The predicted octanol–water partition coefficient (Wildman–Crippen LogP) is 2.20. The molecular weight excluding hydrogens is 352 g/mol. The van der Waals surface area contributed by atoms with Gasteiger partial charge in [-0.15, -0.1) is 0 Å². The zero-order valence-corrected chi connectivity index (χ0v) is 17.3. The largest absolute Gasteiger partial charge is 0.355 e. The molecular formula is C22H34N4O2. The van der Waals surface area contributed by atoms with E-state index in [0.29, 0.717) is 12.6 Å². The number of hydrogen-bond donors (Lipinski definition) is 1. The van der Waals surface area contributed by atoms with Crippen LogP contribution in [0, 0.1) is 5.92 Å². The minimum absolute atomic E-state index is 0.0889. The van der Waals surface area contributed by atoms with Crippen LogP contribution in [-0.2, 0) is 11.2 Å². The maximum absolute atomic E-state index is 12.6. The van der Waals surface area contributed by atoms with Crippen LogP contribution in [0.1, 0.15) is 31.2 Å². The molecule has 0 aromatic heterocycles. The Hall–Kier alpha value is -2.08. The molecule has 0 saturated carbocycles. The Morgan fingerprint density at radius 2 is 1.79 bits per heavy atom. The van der Waals surface area contributed by atoms with Crippen molar-refractivity contribution in [3.05, 3.63) is 35.9 Å². The summed E-state index contributed by atoms with van der Waals surface area (Å²) < 4.78 is 0. The third-order valence-electron chi connectivity index (χ3n) is 6.01.